The van der Waals surface area contributed by atoms with Crippen molar-refractivity contribution in [3.05, 3.63) is 21.3 Å². The third-order valence-corrected chi connectivity index (χ3v) is 5.70. The van der Waals surface area contributed by atoms with Gasteiger partial charge in [0.15, 0.2) is 5.17 Å². The molecule has 2 nitrogen and oxygen atoms in total. The predicted molar refractivity (Wildman–Crippen MR) is 79.5 cm³/mol. The van der Waals surface area contributed by atoms with Crippen molar-refractivity contribution in [2.45, 2.75) is 38.8 Å². The summed E-state index contributed by atoms with van der Waals surface area (Å²) in [6, 6.07) is 4.17. The monoisotopic (exact) mass is 288 g/mol. The standard InChI is InChI=1S/C12H17ClN2S2/c1-4-12(3)7-16-11(15-12)14-8(2)9-5-6-10(13)17-9/h5-6,8H,4,7H2,1-3H3,(H,14,15). The lowest BCUT2D eigenvalue weighted by Gasteiger charge is -2.21. The van der Waals surface area contributed by atoms with Crippen molar-refractivity contribution in [3.8, 4) is 0 Å². The zero-order valence-electron chi connectivity index (χ0n) is 10.3. The van der Waals surface area contributed by atoms with Crippen LogP contribution in [-0.2, 0) is 0 Å². The van der Waals surface area contributed by atoms with Crippen molar-refractivity contribution in [3.63, 3.8) is 0 Å². The van der Waals surface area contributed by atoms with E-state index in [1.807, 2.05) is 17.8 Å². The zero-order valence-corrected chi connectivity index (χ0v) is 12.7. The van der Waals surface area contributed by atoms with Crippen molar-refractivity contribution < 1.29 is 0 Å². The van der Waals surface area contributed by atoms with Gasteiger partial charge in [-0.05, 0) is 32.4 Å². The smallest absolute Gasteiger partial charge is 0.157 e. The second-order valence-corrected chi connectivity index (χ2v) is 7.29. The van der Waals surface area contributed by atoms with Crippen LogP contribution in [0.3, 0.4) is 0 Å². The number of hydrogen-bond donors (Lipinski definition) is 1. The van der Waals surface area contributed by atoms with E-state index in [4.69, 9.17) is 16.6 Å². The lowest BCUT2D eigenvalue weighted by Crippen LogP contribution is -2.39. The summed E-state index contributed by atoms with van der Waals surface area (Å²) in [5.41, 5.74) is 0.205. The number of nitrogens with one attached hydrogen (secondary N) is 1. The van der Waals surface area contributed by atoms with Crippen LogP contribution in [0.15, 0.2) is 17.1 Å². The molecule has 0 radical (unpaired) electrons. The summed E-state index contributed by atoms with van der Waals surface area (Å²) in [5, 5.41) is 4.57. The Morgan fingerprint density at radius 1 is 1.59 bits per heavy atom. The number of thiophene rings is 1. The van der Waals surface area contributed by atoms with Crippen molar-refractivity contribution in [2.24, 2.45) is 4.99 Å². The molecule has 1 aromatic rings. The Labute approximate surface area is 116 Å². The van der Waals surface area contributed by atoms with Crippen LogP contribution in [0.4, 0.5) is 0 Å². The molecule has 1 fully saturated rings. The average Bonchev–Trinajstić information content (AvgIpc) is 2.86. The van der Waals surface area contributed by atoms with E-state index >= 15 is 0 Å². The Morgan fingerprint density at radius 3 is 2.88 bits per heavy atom. The number of nitrogens with zero attached hydrogens (tertiary/aromatic N) is 1. The Kier molecular flexibility index (Phi) is 4.06. The van der Waals surface area contributed by atoms with E-state index < -0.39 is 0 Å². The molecular formula is C12H17ClN2S2. The fourth-order valence-electron chi connectivity index (χ4n) is 1.61. The SMILES string of the molecule is CCC1(C)CSC(=NC(C)c2ccc(Cl)s2)N1. The number of hydrogen-bond acceptors (Lipinski definition) is 3. The maximum Gasteiger partial charge on any atom is 0.157 e. The number of amidine groups is 1. The molecule has 1 aromatic heterocycles. The fourth-order valence-corrected chi connectivity index (χ4v) is 3.94. The van der Waals surface area contributed by atoms with Crippen LogP contribution in [-0.4, -0.2) is 16.5 Å². The van der Waals surface area contributed by atoms with Crippen LogP contribution >= 0.6 is 34.7 Å². The molecule has 0 aromatic carbocycles. The molecule has 0 saturated carbocycles. The maximum atomic E-state index is 5.94. The molecule has 1 N–H and O–H groups in total. The van der Waals surface area contributed by atoms with Crippen molar-refractivity contribution in [1.82, 2.24) is 5.32 Å². The number of halogens is 1. The molecule has 1 aliphatic heterocycles. The number of aliphatic imine (C=N–C) groups is 1. The van der Waals surface area contributed by atoms with Crippen LogP contribution in [0.2, 0.25) is 4.34 Å². The second-order valence-electron chi connectivity index (χ2n) is 4.58. The van der Waals surface area contributed by atoms with Crippen LogP contribution < -0.4 is 5.32 Å². The summed E-state index contributed by atoms with van der Waals surface area (Å²) in [6.45, 7) is 6.56. The van der Waals surface area contributed by atoms with Crippen LogP contribution in [0, 0.1) is 0 Å². The second kappa shape index (κ2) is 5.21. The quantitative estimate of drug-likeness (QED) is 0.895. The van der Waals surface area contributed by atoms with Crippen LogP contribution in [0.5, 0.6) is 0 Å². The highest BCUT2D eigenvalue weighted by molar-refractivity contribution is 8.14. The first-order valence-electron chi connectivity index (χ1n) is 5.76. The first-order chi connectivity index (χ1) is 8.02. The van der Waals surface area contributed by atoms with Gasteiger partial charge in [0.1, 0.15) is 0 Å². The van der Waals surface area contributed by atoms with Gasteiger partial charge in [-0.15, -0.1) is 11.3 Å². The largest absolute Gasteiger partial charge is 0.359 e. The maximum absolute atomic E-state index is 5.94. The minimum atomic E-state index is 0.182. The van der Waals surface area contributed by atoms with Gasteiger partial charge in [0, 0.05) is 16.2 Å². The molecule has 0 aliphatic carbocycles. The lowest BCUT2D eigenvalue weighted by molar-refractivity contribution is 0.466. The van der Waals surface area contributed by atoms with Crippen LogP contribution in [0.25, 0.3) is 0 Å². The molecule has 2 atom stereocenters. The zero-order chi connectivity index (χ0) is 12.5. The molecule has 2 heterocycles. The molecule has 17 heavy (non-hydrogen) atoms. The van der Waals surface area contributed by atoms with Gasteiger partial charge in [0.25, 0.3) is 0 Å². The minimum Gasteiger partial charge on any atom is -0.359 e. The van der Waals surface area contributed by atoms with E-state index in [0.29, 0.717) is 0 Å². The highest BCUT2D eigenvalue weighted by atomic mass is 35.5. The van der Waals surface area contributed by atoms with Gasteiger partial charge in [0.2, 0.25) is 0 Å². The molecule has 2 rings (SSSR count). The first kappa shape index (κ1) is 13.2. The fraction of sp³-hybridized carbons (Fsp3) is 0.583. The van der Waals surface area contributed by atoms with Gasteiger partial charge in [-0.25, -0.2) is 0 Å². The average molecular weight is 289 g/mol. The molecule has 1 aliphatic rings. The van der Waals surface area contributed by atoms with Crippen LogP contribution in [0.1, 0.15) is 38.1 Å². The van der Waals surface area contributed by atoms with Gasteiger partial charge in [-0.2, -0.15) is 0 Å². The molecule has 5 heteroatoms. The normalized spacial score (nSPS) is 28.4. The van der Waals surface area contributed by atoms with E-state index in [-0.39, 0.29) is 11.6 Å². The Hall–Kier alpha value is -0.190. The van der Waals surface area contributed by atoms with E-state index in [1.54, 1.807) is 11.3 Å². The van der Waals surface area contributed by atoms with Gasteiger partial charge < -0.3 is 5.32 Å². The summed E-state index contributed by atoms with van der Waals surface area (Å²) in [4.78, 5) is 5.94. The molecule has 2 unspecified atom stereocenters. The third kappa shape index (κ3) is 3.18. The summed E-state index contributed by atoms with van der Waals surface area (Å²) in [6.07, 6.45) is 1.12. The summed E-state index contributed by atoms with van der Waals surface area (Å²) < 4.78 is 0.831. The van der Waals surface area contributed by atoms with Gasteiger partial charge in [-0.1, -0.05) is 30.3 Å². The van der Waals surface area contributed by atoms with E-state index in [2.05, 4.69) is 32.2 Å². The highest BCUT2D eigenvalue weighted by Gasteiger charge is 2.30. The summed E-state index contributed by atoms with van der Waals surface area (Å²) >= 11 is 9.36. The summed E-state index contributed by atoms with van der Waals surface area (Å²) in [5.74, 6) is 1.10. The topological polar surface area (TPSA) is 24.4 Å². The van der Waals surface area contributed by atoms with Gasteiger partial charge in [-0.3, -0.25) is 4.99 Å². The van der Waals surface area contributed by atoms with E-state index in [9.17, 15) is 0 Å². The molecular weight excluding hydrogens is 272 g/mol. The van der Waals surface area contributed by atoms with Gasteiger partial charge >= 0.3 is 0 Å². The molecule has 94 valence electrons. The third-order valence-electron chi connectivity index (χ3n) is 3.03. The Balaban J connectivity index is 2.06. The summed E-state index contributed by atoms with van der Waals surface area (Å²) in [7, 11) is 0. The predicted octanol–water partition coefficient (Wildman–Crippen LogP) is 4.32. The Morgan fingerprint density at radius 2 is 2.35 bits per heavy atom. The first-order valence-corrected chi connectivity index (χ1v) is 7.94. The molecule has 0 amide bonds. The van der Waals surface area contributed by atoms with Crippen molar-refractivity contribution >= 4 is 39.9 Å². The minimum absolute atomic E-state index is 0.182. The molecule has 0 spiro atoms. The Bertz CT molecular complexity index is 430. The van der Waals surface area contributed by atoms with Crippen molar-refractivity contribution in [1.29, 1.82) is 0 Å². The molecule has 0 bridgehead atoms. The van der Waals surface area contributed by atoms with E-state index in [0.717, 1.165) is 21.7 Å². The highest BCUT2D eigenvalue weighted by Crippen LogP contribution is 2.31. The van der Waals surface area contributed by atoms with E-state index in [1.165, 1.54) is 4.88 Å². The number of rotatable bonds is 3. The van der Waals surface area contributed by atoms with Gasteiger partial charge in [0.05, 0.1) is 10.4 Å². The molecule has 1 saturated heterocycles. The number of thioether (sulfide) groups is 1. The lowest BCUT2D eigenvalue weighted by atomic mass is 10.0. The van der Waals surface area contributed by atoms with Crippen molar-refractivity contribution in [2.75, 3.05) is 5.75 Å².